The van der Waals surface area contributed by atoms with Crippen LogP contribution >= 0.6 is 22.7 Å². The fourth-order valence-electron chi connectivity index (χ4n) is 2.94. The summed E-state index contributed by atoms with van der Waals surface area (Å²) in [5, 5.41) is 2.62. The molecule has 2 aromatic heterocycles. The molecule has 3 aromatic rings. The Balaban J connectivity index is 1.37. The molecule has 1 aliphatic rings. The number of nitrogens with zero attached hydrogens (tertiary/aromatic N) is 2. The molecule has 4 rings (SSSR count). The highest BCUT2D eigenvalue weighted by atomic mass is 32.1. The van der Waals surface area contributed by atoms with Gasteiger partial charge in [0.2, 0.25) is 0 Å². The first-order valence-corrected chi connectivity index (χ1v) is 9.86. The number of carbonyl (C=O) groups excluding carboxylic acids is 1. The molecule has 0 aliphatic carbocycles. The van der Waals surface area contributed by atoms with Gasteiger partial charge in [-0.1, -0.05) is 17.4 Å². The second-order valence-electron chi connectivity index (χ2n) is 5.90. The lowest BCUT2D eigenvalue weighted by Gasteiger charge is -2.31. The second kappa shape index (κ2) is 7.01. The van der Waals surface area contributed by atoms with Gasteiger partial charge in [-0.3, -0.25) is 4.79 Å². The van der Waals surface area contributed by atoms with E-state index in [-0.39, 0.29) is 12.0 Å². The number of benzene rings is 1. The summed E-state index contributed by atoms with van der Waals surface area (Å²) < 4.78 is 12.4. The lowest BCUT2D eigenvalue weighted by atomic mass is 10.1. The number of rotatable bonds is 4. The largest absolute Gasteiger partial charge is 0.497 e. The SMILES string of the molecule is COc1ccc2sc(OC3CCN(C(=O)c4cccs4)CC3)nc2c1. The Hall–Kier alpha value is -2.12. The normalized spacial score (nSPS) is 15.5. The predicted molar refractivity (Wildman–Crippen MR) is 100 cm³/mol. The van der Waals surface area contributed by atoms with Crippen LogP contribution in [0.25, 0.3) is 10.2 Å². The first-order valence-electron chi connectivity index (χ1n) is 8.17. The number of aromatic nitrogens is 1. The number of thiophene rings is 1. The van der Waals surface area contributed by atoms with Crippen LogP contribution in [0.1, 0.15) is 22.5 Å². The molecule has 130 valence electrons. The zero-order valence-corrected chi connectivity index (χ0v) is 15.4. The number of hydrogen-bond donors (Lipinski definition) is 0. The van der Waals surface area contributed by atoms with Gasteiger partial charge < -0.3 is 14.4 Å². The van der Waals surface area contributed by atoms with Crippen LogP contribution < -0.4 is 9.47 Å². The van der Waals surface area contributed by atoms with Crippen molar-refractivity contribution < 1.29 is 14.3 Å². The molecular formula is C18H18N2O3S2. The lowest BCUT2D eigenvalue weighted by molar-refractivity contribution is 0.0600. The van der Waals surface area contributed by atoms with Crippen LogP contribution in [-0.2, 0) is 0 Å². The topological polar surface area (TPSA) is 51.7 Å². The third kappa shape index (κ3) is 3.48. The third-order valence-electron chi connectivity index (χ3n) is 4.30. The number of methoxy groups -OCH3 is 1. The molecule has 0 N–H and O–H groups in total. The predicted octanol–water partition coefficient (Wildman–Crippen LogP) is 4.05. The molecule has 1 amide bonds. The van der Waals surface area contributed by atoms with Crippen LogP contribution in [-0.4, -0.2) is 42.1 Å². The van der Waals surface area contributed by atoms with Gasteiger partial charge in [-0.25, -0.2) is 4.98 Å². The number of hydrogen-bond acceptors (Lipinski definition) is 6. The molecule has 7 heteroatoms. The monoisotopic (exact) mass is 374 g/mol. The average molecular weight is 374 g/mol. The van der Waals surface area contributed by atoms with E-state index in [0.29, 0.717) is 5.19 Å². The van der Waals surface area contributed by atoms with Gasteiger partial charge in [-0.05, 0) is 23.6 Å². The quantitative estimate of drug-likeness (QED) is 0.691. The summed E-state index contributed by atoms with van der Waals surface area (Å²) in [7, 11) is 1.65. The van der Waals surface area contributed by atoms with Crippen molar-refractivity contribution in [1.82, 2.24) is 9.88 Å². The van der Waals surface area contributed by atoms with Crippen molar-refractivity contribution in [2.45, 2.75) is 18.9 Å². The molecule has 5 nitrogen and oxygen atoms in total. The van der Waals surface area contributed by atoms with E-state index in [1.807, 2.05) is 40.6 Å². The summed E-state index contributed by atoms with van der Waals surface area (Å²) in [5.41, 5.74) is 0.893. The van der Waals surface area contributed by atoms with Crippen LogP contribution in [0, 0.1) is 0 Å². The first-order chi connectivity index (χ1) is 12.2. The molecule has 25 heavy (non-hydrogen) atoms. The van der Waals surface area contributed by atoms with Crippen molar-refractivity contribution in [2.24, 2.45) is 0 Å². The van der Waals surface area contributed by atoms with Crippen LogP contribution in [0.2, 0.25) is 0 Å². The van der Waals surface area contributed by atoms with Gasteiger partial charge in [-0.15, -0.1) is 11.3 Å². The van der Waals surface area contributed by atoms with Crippen LogP contribution in [0.3, 0.4) is 0 Å². The smallest absolute Gasteiger partial charge is 0.274 e. The van der Waals surface area contributed by atoms with Crippen molar-refractivity contribution in [3.05, 3.63) is 40.6 Å². The summed E-state index contributed by atoms with van der Waals surface area (Å²) >= 11 is 3.04. The molecule has 1 saturated heterocycles. The molecule has 0 unspecified atom stereocenters. The molecule has 0 saturated carbocycles. The molecule has 1 aliphatic heterocycles. The van der Waals surface area contributed by atoms with Crippen LogP contribution in [0.15, 0.2) is 35.7 Å². The molecule has 1 aromatic carbocycles. The van der Waals surface area contributed by atoms with E-state index >= 15 is 0 Å². The Morgan fingerprint density at radius 3 is 2.84 bits per heavy atom. The molecule has 1 fully saturated rings. The number of piperidine rings is 1. The number of amides is 1. The zero-order valence-electron chi connectivity index (χ0n) is 13.8. The number of fused-ring (bicyclic) bond motifs is 1. The maximum Gasteiger partial charge on any atom is 0.274 e. The van der Waals surface area contributed by atoms with Gasteiger partial charge in [-0.2, -0.15) is 0 Å². The Morgan fingerprint density at radius 2 is 2.12 bits per heavy atom. The number of thiazole rings is 1. The summed E-state index contributed by atoms with van der Waals surface area (Å²) in [6.45, 7) is 1.44. The highest BCUT2D eigenvalue weighted by Crippen LogP contribution is 2.32. The van der Waals surface area contributed by atoms with E-state index < -0.39 is 0 Å². The van der Waals surface area contributed by atoms with Crippen molar-refractivity contribution >= 4 is 38.8 Å². The summed E-state index contributed by atoms with van der Waals surface area (Å²) in [6, 6.07) is 9.64. The molecule has 3 heterocycles. The summed E-state index contributed by atoms with van der Waals surface area (Å²) in [5.74, 6) is 0.922. The number of carbonyl (C=O) groups is 1. The lowest BCUT2D eigenvalue weighted by Crippen LogP contribution is -2.41. The molecule has 0 radical (unpaired) electrons. The second-order valence-corrected chi connectivity index (χ2v) is 7.84. The maximum atomic E-state index is 12.4. The molecule has 0 atom stereocenters. The minimum Gasteiger partial charge on any atom is -0.497 e. The maximum absolute atomic E-state index is 12.4. The van der Waals surface area contributed by atoms with Gasteiger partial charge in [0, 0.05) is 32.0 Å². The standard InChI is InChI=1S/C18H18N2O3S2/c1-22-13-4-5-15-14(11-13)19-18(25-15)23-12-6-8-20(9-7-12)17(21)16-3-2-10-24-16/h2-5,10-12H,6-9H2,1H3. The van der Waals surface area contributed by atoms with Crippen molar-refractivity contribution in [2.75, 3.05) is 20.2 Å². The summed E-state index contributed by atoms with van der Waals surface area (Å²) in [4.78, 5) is 19.6. The summed E-state index contributed by atoms with van der Waals surface area (Å²) in [6.07, 6.45) is 1.77. The van der Waals surface area contributed by atoms with Crippen molar-refractivity contribution in [3.63, 3.8) is 0 Å². The molecule has 0 bridgehead atoms. The Kier molecular flexibility index (Phi) is 4.59. The van der Waals surface area contributed by atoms with Gasteiger partial charge in [0.1, 0.15) is 11.9 Å². The highest BCUT2D eigenvalue weighted by molar-refractivity contribution is 7.20. The van der Waals surface area contributed by atoms with E-state index in [4.69, 9.17) is 9.47 Å². The number of ether oxygens (including phenoxy) is 2. The van der Waals surface area contributed by atoms with E-state index in [1.54, 1.807) is 18.4 Å². The zero-order chi connectivity index (χ0) is 17.2. The average Bonchev–Trinajstić information content (AvgIpc) is 3.30. The van der Waals surface area contributed by atoms with E-state index in [9.17, 15) is 4.79 Å². The minimum absolute atomic E-state index is 0.106. The van der Waals surface area contributed by atoms with Crippen LogP contribution in [0.4, 0.5) is 0 Å². The van der Waals surface area contributed by atoms with E-state index in [1.165, 1.54) is 11.3 Å². The molecular weight excluding hydrogens is 356 g/mol. The van der Waals surface area contributed by atoms with Gasteiger partial charge in [0.25, 0.3) is 11.1 Å². The number of likely N-dealkylation sites (tertiary alicyclic amines) is 1. The van der Waals surface area contributed by atoms with Crippen molar-refractivity contribution in [3.8, 4) is 10.9 Å². The minimum atomic E-state index is 0.106. The Morgan fingerprint density at radius 1 is 1.28 bits per heavy atom. The third-order valence-corrected chi connectivity index (χ3v) is 6.09. The van der Waals surface area contributed by atoms with Crippen molar-refractivity contribution in [1.29, 1.82) is 0 Å². The van der Waals surface area contributed by atoms with Crippen LogP contribution in [0.5, 0.6) is 10.9 Å². The highest BCUT2D eigenvalue weighted by Gasteiger charge is 2.25. The molecule has 0 spiro atoms. The fraction of sp³-hybridized carbons (Fsp3) is 0.333. The van der Waals surface area contributed by atoms with E-state index in [0.717, 1.165) is 46.8 Å². The van der Waals surface area contributed by atoms with Gasteiger partial charge in [0.05, 0.1) is 22.2 Å². The Labute approximate surface area is 153 Å². The van der Waals surface area contributed by atoms with Gasteiger partial charge in [0.15, 0.2) is 0 Å². The van der Waals surface area contributed by atoms with E-state index in [2.05, 4.69) is 4.98 Å². The first kappa shape index (κ1) is 16.4. The van der Waals surface area contributed by atoms with Gasteiger partial charge >= 0.3 is 0 Å². The Bertz CT molecular complexity index is 868. The fourth-order valence-corrected chi connectivity index (χ4v) is 4.49.